The molecule has 0 bridgehead atoms. The molecule has 6 nitrogen and oxygen atoms in total. The third-order valence-electron chi connectivity index (χ3n) is 5.41. The Balaban J connectivity index is 1.17. The topological polar surface area (TPSA) is 67.9 Å². The summed E-state index contributed by atoms with van der Waals surface area (Å²) >= 11 is 6.61. The van der Waals surface area contributed by atoms with Crippen molar-refractivity contribution in [1.29, 1.82) is 0 Å². The van der Waals surface area contributed by atoms with Crippen molar-refractivity contribution in [3.8, 4) is 22.6 Å². The van der Waals surface area contributed by atoms with Crippen molar-refractivity contribution in [3.05, 3.63) is 83.3 Å². The summed E-state index contributed by atoms with van der Waals surface area (Å²) in [6, 6.07) is 23.2. The second-order valence-corrected chi connectivity index (χ2v) is 9.36. The fourth-order valence-corrected chi connectivity index (χ4v) is 4.97. The summed E-state index contributed by atoms with van der Waals surface area (Å²) in [5.41, 5.74) is 3.72. The minimum atomic E-state index is -0.201. The van der Waals surface area contributed by atoms with Gasteiger partial charge in [0.1, 0.15) is 4.32 Å². The standard InChI is InChI=1S/C26H20N2O4S2/c29-24(27-20-9-7-19(8-10-20)18-4-2-1-3-5-18)12-13-28-25(30)23(34-26(28)33)15-17-6-11-21-22(14-17)32-16-31-21/h1-11,14-15H,12-13,16H2,(H,27,29)/b23-15-. The number of anilines is 1. The zero-order chi connectivity index (χ0) is 23.5. The number of rotatable bonds is 6. The molecule has 0 unspecified atom stereocenters. The Morgan fingerprint density at radius 1 is 1.00 bits per heavy atom. The quantitative estimate of drug-likeness (QED) is 0.375. The average molecular weight is 489 g/mol. The zero-order valence-corrected chi connectivity index (χ0v) is 19.7. The number of hydrogen-bond acceptors (Lipinski definition) is 6. The van der Waals surface area contributed by atoms with Crippen LogP contribution < -0.4 is 14.8 Å². The van der Waals surface area contributed by atoms with Crippen LogP contribution in [0.15, 0.2) is 77.7 Å². The van der Waals surface area contributed by atoms with Crippen molar-refractivity contribution in [2.45, 2.75) is 6.42 Å². The summed E-state index contributed by atoms with van der Waals surface area (Å²) in [4.78, 5) is 27.3. The number of ether oxygens (including phenoxy) is 2. The van der Waals surface area contributed by atoms with E-state index >= 15 is 0 Å². The van der Waals surface area contributed by atoms with E-state index in [1.165, 1.54) is 16.7 Å². The lowest BCUT2D eigenvalue weighted by atomic mass is 10.1. The van der Waals surface area contributed by atoms with Crippen LogP contribution in [0.25, 0.3) is 17.2 Å². The van der Waals surface area contributed by atoms with Crippen LogP contribution in [0.5, 0.6) is 11.5 Å². The Morgan fingerprint density at radius 2 is 1.74 bits per heavy atom. The lowest BCUT2D eigenvalue weighted by Gasteiger charge is -2.14. The molecule has 2 amide bonds. The predicted octanol–water partition coefficient (Wildman–Crippen LogP) is 5.31. The van der Waals surface area contributed by atoms with Gasteiger partial charge in [0.2, 0.25) is 12.7 Å². The van der Waals surface area contributed by atoms with E-state index in [1.807, 2.05) is 72.8 Å². The van der Waals surface area contributed by atoms with Crippen molar-refractivity contribution in [3.63, 3.8) is 0 Å². The Morgan fingerprint density at radius 3 is 2.53 bits per heavy atom. The van der Waals surface area contributed by atoms with E-state index in [4.69, 9.17) is 21.7 Å². The van der Waals surface area contributed by atoms with Gasteiger partial charge in [-0.05, 0) is 47.0 Å². The lowest BCUT2D eigenvalue weighted by Crippen LogP contribution is -2.31. The molecule has 0 saturated carbocycles. The van der Waals surface area contributed by atoms with E-state index < -0.39 is 0 Å². The molecule has 34 heavy (non-hydrogen) atoms. The monoisotopic (exact) mass is 488 g/mol. The van der Waals surface area contributed by atoms with Gasteiger partial charge in [-0.3, -0.25) is 14.5 Å². The van der Waals surface area contributed by atoms with Gasteiger partial charge in [-0.25, -0.2) is 0 Å². The van der Waals surface area contributed by atoms with Gasteiger partial charge in [-0.15, -0.1) is 0 Å². The van der Waals surface area contributed by atoms with E-state index in [-0.39, 0.29) is 31.6 Å². The molecule has 2 aliphatic heterocycles. The van der Waals surface area contributed by atoms with Crippen LogP contribution >= 0.6 is 24.0 Å². The number of carbonyl (C=O) groups excluding carboxylic acids is 2. The smallest absolute Gasteiger partial charge is 0.266 e. The molecule has 0 radical (unpaired) electrons. The van der Waals surface area contributed by atoms with Gasteiger partial charge >= 0.3 is 0 Å². The normalized spacial score (nSPS) is 15.8. The number of fused-ring (bicyclic) bond motifs is 1. The third kappa shape index (κ3) is 4.83. The minimum absolute atomic E-state index is 0.143. The summed E-state index contributed by atoms with van der Waals surface area (Å²) in [6.45, 7) is 0.414. The van der Waals surface area contributed by atoms with Crippen molar-refractivity contribution in [1.82, 2.24) is 4.90 Å². The Labute approximate surface area is 206 Å². The van der Waals surface area contributed by atoms with Crippen molar-refractivity contribution < 1.29 is 19.1 Å². The van der Waals surface area contributed by atoms with Gasteiger partial charge in [-0.2, -0.15) is 0 Å². The van der Waals surface area contributed by atoms with Gasteiger partial charge in [0, 0.05) is 18.7 Å². The molecule has 1 N–H and O–H groups in total. The van der Waals surface area contributed by atoms with Crippen molar-refractivity contribution in [2.75, 3.05) is 18.7 Å². The molecule has 5 rings (SSSR count). The number of carbonyl (C=O) groups is 2. The van der Waals surface area contributed by atoms with Crippen LogP contribution in [0.2, 0.25) is 0 Å². The molecule has 0 aromatic heterocycles. The Kier molecular flexibility index (Phi) is 6.33. The molecule has 8 heteroatoms. The van der Waals surface area contributed by atoms with Gasteiger partial charge in [0.25, 0.3) is 5.91 Å². The molecule has 170 valence electrons. The maximum Gasteiger partial charge on any atom is 0.266 e. The molecule has 2 heterocycles. The molecule has 3 aromatic carbocycles. The summed E-state index contributed by atoms with van der Waals surface area (Å²) in [5.74, 6) is 0.956. The number of hydrogen-bond donors (Lipinski definition) is 1. The highest BCUT2D eigenvalue weighted by Gasteiger charge is 2.32. The lowest BCUT2D eigenvalue weighted by molar-refractivity contribution is -0.122. The predicted molar refractivity (Wildman–Crippen MR) is 138 cm³/mol. The van der Waals surface area contributed by atoms with Gasteiger partial charge in [0.15, 0.2) is 11.5 Å². The highest BCUT2D eigenvalue weighted by Crippen LogP contribution is 2.36. The van der Waals surface area contributed by atoms with E-state index in [0.717, 1.165) is 16.7 Å². The van der Waals surface area contributed by atoms with Crippen molar-refractivity contribution >= 4 is 51.9 Å². The first-order chi connectivity index (χ1) is 16.6. The number of nitrogens with one attached hydrogen (secondary N) is 1. The minimum Gasteiger partial charge on any atom is -0.454 e. The summed E-state index contributed by atoms with van der Waals surface area (Å²) in [5, 5.41) is 2.88. The zero-order valence-electron chi connectivity index (χ0n) is 18.0. The highest BCUT2D eigenvalue weighted by atomic mass is 32.2. The van der Waals surface area contributed by atoms with Crippen molar-refractivity contribution in [2.24, 2.45) is 0 Å². The number of amides is 2. The molecular formula is C26H20N2O4S2. The number of nitrogens with zero attached hydrogens (tertiary/aromatic N) is 1. The van der Waals surface area contributed by atoms with Gasteiger partial charge < -0.3 is 14.8 Å². The summed E-state index contributed by atoms with van der Waals surface area (Å²) in [6.07, 6.45) is 1.92. The molecule has 1 saturated heterocycles. The number of thiocarbonyl (C=S) groups is 1. The largest absolute Gasteiger partial charge is 0.454 e. The SMILES string of the molecule is O=C(CCN1C(=O)/C(=C/c2ccc3c(c2)OCO3)SC1=S)Nc1ccc(-c2ccccc2)cc1. The number of thioether (sulfide) groups is 1. The maximum atomic E-state index is 12.9. The summed E-state index contributed by atoms with van der Waals surface area (Å²) < 4.78 is 11.2. The van der Waals surface area contributed by atoms with Gasteiger partial charge in [0.05, 0.1) is 4.91 Å². The van der Waals surface area contributed by atoms with Crippen LogP contribution in [-0.2, 0) is 9.59 Å². The summed E-state index contributed by atoms with van der Waals surface area (Å²) in [7, 11) is 0. The van der Waals surface area contributed by atoms with Crippen LogP contribution in [0.1, 0.15) is 12.0 Å². The van der Waals surface area contributed by atoms with Gasteiger partial charge in [-0.1, -0.05) is 72.5 Å². The molecule has 1 fully saturated rings. The second kappa shape index (κ2) is 9.70. The average Bonchev–Trinajstić information content (AvgIpc) is 3.42. The maximum absolute atomic E-state index is 12.9. The molecule has 0 atom stereocenters. The first-order valence-electron chi connectivity index (χ1n) is 10.7. The third-order valence-corrected chi connectivity index (χ3v) is 6.78. The number of benzene rings is 3. The van der Waals surface area contributed by atoms with E-state index in [9.17, 15) is 9.59 Å². The van der Waals surface area contributed by atoms with Crippen LogP contribution in [0, 0.1) is 0 Å². The molecule has 2 aliphatic rings. The first-order valence-corrected chi connectivity index (χ1v) is 11.9. The van der Waals surface area contributed by atoms with Crippen LogP contribution in [0.3, 0.4) is 0 Å². The van der Waals surface area contributed by atoms with Crippen LogP contribution in [0.4, 0.5) is 5.69 Å². The first kappa shape index (κ1) is 22.2. The second-order valence-electron chi connectivity index (χ2n) is 7.69. The molecule has 3 aromatic rings. The highest BCUT2D eigenvalue weighted by molar-refractivity contribution is 8.26. The van der Waals surface area contributed by atoms with E-state index in [0.29, 0.717) is 26.4 Å². The van der Waals surface area contributed by atoms with Crippen LogP contribution in [-0.4, -0.2) is 34.4 Å². The molecule has 0 aliphatic carbocycles. The van der Waals surface area contributed by atoms with E-state index in [1.54, 1.807) is 6.08 Å². The van der Waals surface area contributed by atoms with E-state index in [2.05, 4.69) is 5.32 Å². The fourth-order valence-electron chi connectivity index (χ4n) is 3.66. The Hall–Kier alpha value is -3.62. The Bertz CT molecular complexity index is 1290. The molecule has 0 spiro atoms. The molecular weight excluding hydrogens is 468 g/mol. The fraction of sp³-hybridized carbons (Fsp3) is 0.115.